The van der Waals surface area contributed by atoms with Gasteiger partial charge in [0, 0.05) is 6.04 Å². The van der Waals surface area contributed by atoms with Crippen molar-refractivity contribution in [3.05, 3.63) is 29.3 Å². The van der Waals surface area contributed by atoms with Gasteiger partial charge in [-0.15, -0.1) is 0 Å². The van der Waals surface area contributed by atoms with Crippen LogP contribution in [0.4, 0.5) is 4.79 Å². The summed E-state index contributed by atoms with van der Waals surface area (Å²) in [6, 6.07) is 6.12. The van der Waals surface area contributed by atoms with Crippen LogP contribution in [0.2, 0.25) is 0 Å². The lowest BCUT2D eigenvalue weighted by Gasteiger charge is -2.23. The summed E-state index contributed by atoms with van der Waals surface area (Å²) in [5.74, 6) is 0.802. The van der Waals surface area contributed by atoms with Crippen LogP contribution < -0.4 is 10.1 Å². The van der Waals surface area contributed by atoms with Gasteiger partial charge >= 0.3 is 6.09 Å². The third-order valence-electron chi connectivity index (χ3n) is 3.55. The van der Waals surface area contributed by atoms with Gasteiger partial charge in [-0.05, 0) is 64.2 Å². The van der Waals surface area contributed by atoms with Crippen molar-refractivity contribution in [1.82, 2.24) is 5.32 Å². The number of hydrogen-bond donors (Lipinski definition) is 2. The average Bonchev–Trinajstić information content (AvgIpc) is 2.48. The molecule has 0 aliphatic carbocycles. The highest BCUT2D eigenvalue weighted by atomic mass is 16.6. The van der Waals surface area contributed by atoms with Gasteiger partial charge in [-0.2, -0.15) is 0 Å². The summed E-state index contributed by atoms with van der Waals surface area (Å²) in [5, 5.41) is 11.9. The topological polar surface area (TPSA) is 67.8 Å². The third kappa shape index (κ3) is 7.68. The van der Waals surface area contributed by atoms with E-state index in [4.69, 9.17) is 14.6 Å². The molecule has 5 heteroatoms. The molecular formula is C19H31NO4. The highest BCUT2D eigenvalue weighted by Gasteiger charge is 2.19. The molecule has 2 N–H and O–H groups in total. The van der Waals surface area contributed by atoms with Gasteiger partial charge in [0.2, 0.25) is 0 Å². The predicted octanol–water partition coefficient (Wildman–Crippen LogP) is 3.60. The number of ether oxygens (including phenoxy) is 2. The largest absolute Gasteiger partial charge is 0.491 e. The number of benzene rings is 1. The van der Waals surface area contributed by atoms with Gasteiger partial charge in [-0.3, -0.25) is 0 Å². The lowest BCUT2D eigenvalue weighted by molar-refractivity contribution is 0.0500. The second-order valence-electron chi connectivity index (χ2n) is 6.97. The molecule has 0 saturated carbocycles. The highest BCUT2D eigenvalue weighted by Crippen LogP contribution is 2.22. The minimum Gasteiger partial charge on any atom is -0.491 e. The van der Waals surface area contributed by atoms with Crippen LogP contribution in [0.1, 0.15) is 51.7 Å². The zero-order valence-electron chi connectivity index (χ0n) is 15.5. The first-order valence-electron chi connectivity index (χ1n) is 8.58. The molecule has 1 aromatic rings. The molecule has 1 aromatic carbocycles. The van der Waals surface area contributed by atoms with Crippen LogP contribution in [0.15, 0.2) is 18.2 Å². The standard InChI is InChI=1S/C19H31NO4/c1-6-16(20-18(22)24-19(3,4)5)10-9-15-8-7-14(2)13-17(15)23-12-11-21/h7-8,13,16,21H,6,9-12H2,1-5H3,(H,20,22)/t16-/m1/s1. The second-order valence-corrected chi connectivity index (χ2v) is 6.97. The van der Waals surface area contributed by atoms with Crippen LogP contribution >= 0.6 is 0 Å². The molecule has 0 fully saturated rings. The summed E-state index contributed by atoms with van der Waals surface area (Å²) in [6.07, 6.45) is 2.04. The Balaban J connectivity index is 2.63. The molecule has 0 unspecified atom stereocenters. The van der Waals surface area contributed by atoms with Gasteiger partial charge in [0.05, 0.1) is 6.61 Å². The first kappa shape index (κ1) is 20.3. The molecule has 0 heterocycles. The van der Waals surface area contributed by atoms with Crippen LogP contribution in [0.3, 0.4) is 0 Å². The first-order chi connectivity index (χ1) is 11.2. The molecule has 0 saturated heterocycles. The Hall–Kier alpha value is -1.75. The maximum absolute atomic E-state index is 11.9. The highest BCUT2D eigenvalue weighted by molar-refractivity contribution is 5.68. The van der Waals surface area contributed by atoms with Gasteiger partial charge in [0.1, 0.15) is 18.0 Å². The maximum Gasteiger partial charge on any atom is 0.407 e. The number of hydrogen-bond acceptors (Lipinski definition) is 4. The molecule has 136 valence electrons. The molecule has 5 nitrogen and oxygen atoms in total. The fourth-order valence-electron chi connectivity index (χ4n) is 2.34. The molecule has 0 spiro atoms. The summed E-state index contributed by atoms with van der Waals surface area (Å²) in [6.45, 7) is 9.88. The summed E-state index contributed by atoms with van der Waals surface area (Å²) in [4.78, 5) is 11.9. The van der Waals surface area contributed by atoms with E-state index in [1.165, 1.54) is 0 Å². The molecule has 1 atom stereocenters. The van der Waals surface area contributed by atoms with Crippen LogP contribution in [-0.4, -0.2) is 36.1 Å². The number of aliphatic hydroxyl groups excluding tert-OH is 1. The molecule has 0 radical (unpaired) electrons. The average molecular weight is 337 g/mol. The minimum absolute atomic E-state index is 0.00876. The van der Waals surface area contributed by atoms with E-state index in [-0.39, 0.29) is 25.3 Å². The van der Waals surface area contributed by atoms with E-state index in [9.17, 15) is 4.79 Å². The summed E-state index contributed by atoms with van der Waals surface area (Å²) >= 11 is 0. The maximum atomic E-state index is 11.9. The molecule has 1 amide bonds. The van der Waals surface area contributed by atoms with Gasteiger partial charge in [0.15, 0.2) is 0 Å². The zero-order valence-corrected chi connectivity index (χ0v) is 15.5. The Morgan fingerprint density at radius 3 is 2.62 bits per heavy atom. The second kappa shape index (κ2) is 9.52. The van der Waals surface area contributed by atoms with Crippen molar-refractivity contribution in [1.29, 1.82) is 0 Å². The zero-order chi connectivity index (χ0) is 18.2. The van der Waals surface area contributed by atoms with Gasteiger partial charge < -0.3 is 19.9 Å². The van der Waals surface area contributed by atoms with Gasteiger partial charge in [-0.1, -0.05) is 19.1 Å². The van der Waals surface area contributed by atoms with E-state index in [0.29, 0.717) is 0 Å². The van der Waals surface area contributed by atoms with Crippen LogP contribution in [0.25, 0.3) is 0 Å². The number of aliphatic hydroxyl groups is 1. The van der Waals surface area contributed by atoms with Crippen LogP contribution in [0.5, 0.6) is 5.75 Å². The first-order valence-corrected chi connectivity index (χ1v) is 8.58. The lowest BCUT2D eigenvalue weighted by atomic mass is 10.0. The van der Waals surface area contributed by atoms with Gasteiger partial charge in [-0.25, -0.2) is 4.79 Å². The van der Waals surface area contributed by atoms with Crippen molar-refractivity contribution in [2.45, 2.75) is 65.5 Å². The van der Waals surface area contributed by atoms with Crippen LogP contribution in [0, 0.1) is 6.92 Å². The number of aryl methyl sites for hydroxylation is 2. The Kier molecular flexibility index (Phi) is 8.05. The Morgan fingerprint density at radius 1 is 1.33 bits per heavy atom. The number of alkyl carbamates (subject to hydrolysis) is 1. The van der Waals surface area contributed by atoms with Gasteiger partial charge in [0.25, 0.3) is 0 Å². The van der Waals surface area contributed by atoms with E-state index in [0.717, 1.165) is 36.1 Å². The van der Waals surface area contributed by atoms with Crippen molar-refractivity contribution < 1.29 is 19.4 Å². The summed E-state index contributed by atoms with van der Waals surface area (Å²) in [5.41, 5.74) is 1.70. The monoisotopic (exact) mass is 337 g/mol. The Bertz CT molecular complexity index is 523. The molecule has 0 aromatic heterocycles. The quantitative estimate of drug-likeness (QED) is 0.760. The molecule has 1 rings (SSSR count). The smallest absolute Gasteiger partial charge is 0.407 e. The van der Waals surface area contributed by atoms with Crippen molar-refractivity contribution in [2.75, 3.05) is 13.2 Å². The summed E-state index contributed by atoms with van der Waals surface area (Å²) in [7, 11) is 0. The van der Waals surface area contributed by atoms with E-state index in [1.807, 2.05) is 52.8 Å². The number of nitrogens with one attached hydrogen (secondary N) is 1. The molecule has 0 bridgehead atoms. The third-order valence-corrected chi connectivity index (χ3v) is 3.55. The van der Waals surface area contributed by atoms with E-state index in [1.54, 1.807) is 0 Å². The fraction of sp³-hybridized carbons (Fsp3) is 0.632. The lowest BCUT2D eigenvalue weighted by Crippen LogP contribution is -2.39. The number of carbonyl (C=O) groups is 1. The van der Waals surface area contributed by atoms with E-state index < -0.39 is 5.60 Å². The minimum atomic E-state index is -0.495. The molecule has 0 aliphatic heterocycles. The van der Waals surface area contributed by atoms with E-state index in [2.05, 4.69) is 5.32 Å². The number of rotatable bonds is 8. The number of amides is 1. The van der Waals surface area contributed by atoms with Crippen molar-refractivity contribution in [3.63, 3.8) is 0 Å². The van der Waals surface area contributed by atoms with E-state index >= 15 is 0 Å². The molecular weight excluding hydrogens is 306 g/mol. The number of carbonyl (C=O) groups excluding carboxylic acids is 1. The fourth-order valence-corrected chi connectivity index (χ4v) is 2.34. The van der Waals surface area contributed by atoms with Crippen molar-refractivity contribution >= 4 is 6.09 Å². The Morgan fingerprint density at radius 2 is 2.04 bits per heavy atom. The Labute approximate surface area is 145 Å². The predicted molar refractivity (Wildman–Crippen MR) is 95.5 cm³/mol. The summed E-state index contributed by atoms with van der Waals surface area (Å²) < 4.78 is 10.9. The van der Waals surface area contributed by atoms with Crippen LogP contribution in [-0.2, 0) is 11.2 Å². The van der Waals surface area contributed by atoms with Crippen molar-refractivity contribution in [3.8, 4) is 5.75 Å². The molecule has 0 aliphatic rings. The molecule has 24 heavy (non-hydrogen) atoms. The SMILES string of the molecule is CC[C@H](CCc1ccc(C)cc1OCCO)NC(=O)OC(C)(C)C. The van der Waals surface area contributed by atoms with Crippen molar-refractivity contribution in [2.24, 2.45) is 0 Å². The normalized spacial score (nSPS) is 12.6.